The maximum absolute atomic E-state index is 11.2. The lowest BCUT2D eigenvalue weighted by atomic mass is 9.89. The topological polar surface area (TPSA) is 130 Å². The van der Waals surface area contributed by atoms with Crippen molar-refractivity contribution in [3.05, 3.63) is 0 Å². The number of fused-ring (bicyclic) bond motifs is 8. The molecule has 0 radical (unpaired) electrons. The fraction of sp³-hybridized carbons (Fsp3) is 0.987. The van der Waals surface area contributed by atoms with Gasteiger partial charge in [0.1, 0.15) is 11.4 Å². The summed E-state index contributed by atoms with van der Waals surface area (Å²) in [6.45, 7) is 33.3. The minimum absolute atomic E-state index is 0.0301. The van der Waals surface area contributed by atoms with Gasteiger partial charge in [-0.3, -0.25) is 8.98 Å². The molecule has 14 heteroatoms. The van der Waals surface area contributed by atoms with Crippen molar-refractivity contribution < 1.29 is 22.1 Å². The van der Waals surface area contributed by atoms with Crippen LogP contribution in [0.2, 0.25) is 0 Å². The number of esters is 1. The van der Waals surface area contributed by atoms with E-state index in [0.29, 0.717) is 18.1 Å². The van der Waals surface area contributed by atoms with E-state index in [1.165, 1.54) is 112 Å². The van der Waals surface area contributed by atoms with Gasteiger partial charge in [-0.25, -0.2) is 0 Å². The molecule has 14 aliphatic heterocycles. The summed E-state index contributed by atoms with van der Waals surface area (Å²) >= 11 is 6.88. The van der Waals surface area contributed by atoms with Crippen LogP contribution in [-0.4, -0.2) is 125 Å². The van der Waals surface area contributed by atoms with Gasteiger partial charge in [0.15, 0.2) is 0 Å². The summed E-state index contributed by atoms with van der Waals surface area (Å²) in [5, 5.41) is 22.9. The van der Waals surface area contributed by atoms with Crippen LogP contribution in [0.25, 0.3) is 0 Å². The summed E-state index contributed by atoms with van der Waals surface area (Å²) in [4.78, 5) is 11.0. The lowest BCUT2D eigenvalue weighted by molar-refractivity contribution is -0.143. The van der Waals surface area contributed by atoms with Gasteiger partial charge in [-0.05, 0) is 256 Å². The monoisotopic (exact) mass is 1340 g/mol. The quantitative estimate of drug-likeness (QED) is 0.117. The molecule has 0 amide bonds. The summed E-state index contributed by atoms with van der Waals surface area (Å²) in [5.74, 6) is 17.7. The molecule has 0 spiro atoms. The standard InChI is InChI=1S/3C8H13N.3C8H12S.C7H9NO2.C6H9NO3S.8C2H6/c1-5-2-7-6(1)4-9-8(7)3-5;1-2-8-7-4-6(9-8)3-5(1)7;1-2-6-4-7-3-5(1)8(6)9-7;1-5-2-7-6(1)4-9-8(7)3-5;1-2-8-7-4-6(9-8)3-5(1)7;1-2-6-4-7-3-5(1)8(6)9-7;9-7-4-1-3-2-5(10-7)6(4)8-3;8-11(9)5-2-3-1-4(10-11)6(5)7-3;8*1-2/h3*5-9H,1-4H2;3*5-8H,1-4H2;3-6,8H,1-2H2;3-7H,1-2H2;8*1-2H3. The van der Waals surface area contributed by atoms with E-state index < -0.39 is 10.1 Å². The third-order valence-corrected chi connectivity index (χ3v) is 33.5. The number of thioether (sulfide) groups is 3. The second-order valence-electron chi connectivity index (χ2n) is 30.3. The van der Waals surface area contributed by atoms with E-state index in [1.807, 2.05) is 111 Å². The first-order chi connectivity index (χ1) is 44.6. The highest BCUT2D eigenvalue weighted by atomic mass is 32.2. The molecule has 28 unspecified atom stereocenters. The Kier molecular flexibility index (Phi) is 29.0. The summed E-state index contributed by atoms with van der Waals surface area (Å²) in [6, 6.07) is 6.19. The van der Waals surface area contributed by atoms with Gasteiger partial charge in [-0.1, -0.05) is 111 Å². The number of hydrogen-bond donors (Lipinski definition) is 5. The van der Waals surface area contributed by atoms with Crippen molar-refractivity contribution in [2.45, 2.75) is 376 Å². The zero-order valence-corrected chi connectivity index (χ0v) is 64.2. The van der Waals surface area contributed by atoms with Crippen LogP contribution in [0.5, 0.6) is 0 Å². The largest absolute Gasteiger partial charge is 0.460 e. The molecular formula is C77H141N5O5S4. The molecule has 28 atom stereocenters. The number of rotatable bonds is 0. The molecule has 24 rings (SSSR count). The van der Waals surface area contributed by atoms with Gasteiger partial charge in [0.2, 0.25) is 0 Å². The molecule has 24 fully saturated rings. The highest BCUT2D eigenvalue weighted by molar-refractivity contribution is 8.01. The van der Waals surface area contributed by atoms with E-state index >= 15 is 0 Å². The normalized spacial score (nSPS) is 50.0. The van der Waals surface area contributed by atoms with Gasteiger partial charge in [-0.15, -0.1) is 0 Å². The van der Waals surface area contributed by atoms with Crippen LogP contribution in [0.3, 0.4) is 0 Å². The zero-order chi connectivity index (χ0) is 65.4. The first-order valence-corrected chi connectivity index (χ1v) is 44.8. The average Bonchev–Trinajstić information content (AvgIpc) is 1.67. The van der Waals surface area contributed by atoms with Gasteiger partial charge in [-0.2, -0.15) is 43.7 Å². The molecule has 528 valence electrons. The summed E-state index contributed by atoms with van der Waals surface area (Å²) in [6.07, 6.45) is 37.9. The smallest absolute Gasteiger partial charge is 0.311 e. The number of ether oxygens (including phenoxy) is 1. The van der Waals surface area contributed by atoms with E-state index in [0.717, 1.165) is 124 Å². The van der Waals surface area contributed by atoms with Crippen LogP contribution in [0, 0.1) is 88.8 Å². The van der Waals surface area contributed by atoms with Crippen LogP contribution >= 0.6 is 35.3 Å². The molecule has 0 aromatic heterocycles. The number of carbonyl (C=O) groups excluding carboxylic acids is 1. The molecule has 10 aliphatic carbocycles. The van der Waals surface area contributed by atoms with Crippen LogP contribution in [-0.2, 0) is 23.8 Å². The first kappa shape index (κ1) is 75.4. The van der Waals surface area contributed by atoms with Crippen molar-refractivity contribution in [2.24, 2.45) is 88.8 Å². The van der Waals surface area contributed by atoms with E-state index in [9.17, 15) is 13.2 Å². The van der Waals surface area contributed by atoms with Crippen molar-refractivity contribution in [1.29, 1.82) is 0 Å². The third kappa shape index (κ3) is 16.0. The van der Waals surface area contributed by atoms with E-state index in [4.69, 9.17) is 8.92 Å². The number of hydrogen-bond acceptors (Lipinski definition) is 13. The summed E-state index contributed by atoms with van der Waals surface area (Å²) in [7, 11) is -3.19. The predicted molar refractivity (Wildman–Crippen MR) is 392 cm³/mol. The summed E-state index contributed by atoms with van der Waals surface area (Å²) < 4.78 is 32.5. The summed E-state index contributed by atoms with van der Waals surface area (Å²) in [5.41, 5.74) is 0. The highest BCUT2D eigenvalue weighted by Crippen LogP contribution is 2.62. The Labute approximate surface area is 573 Å². The Morgan fingerprint density at radius 3 is 1.41 bits per heavy atom. The second kappa shape index (κ2) is 35.0. The van der Waals surface area contributed by atoms with Gasteiger partial charge < -0.3 is 31.3 Å². The Morgan fingerprint density at radius 2 is 0.923 bits per heavy atom. The van der Waals surface area contributed by atoms with Crippen molar-refractivity contribution in [1.82, 2.24) is 26.6 Å². The molecule has 0 aromatic carbocycles. The van der Waals surface area contributed by atoms with Gasteiger partial charge in [0.25, 0.3) is 10.1 Å². The van der Waals surface area contributed by atoms with Gasteiger partial charge in [0.05, 0.1) is 24.1 Å². The van der Waals surface area contributed by atoms with Crippen molar-refractivity contribution in [3.63, 3.8) is 0 Å². The molecule has 10 saturated carbocycles. The number of carbonyl (C=O) groups is 1. The van der Waals surface area contributed by atoms with E-state index in [1.54, 1.807) is 83.5 Å². The molecule has 0 aromatic rings. The molecule has 24 aliphatic rings. The number of nitrogens with one attached hydrogen (secondary N) is 5. The molecule has 10 nitrogen and oxygen atoms in total. The lowest BCUT2D eigenvalue weighted by Crippen LogP contribution is -2.33. The molecule has 14 saturated heterocycles. The molecule has 91 heavy (non-hydrogen) atoms. The Balaban J connectivity index is 0.000000119. The Bertz CT molecular complexity index is 1940. The van der Waals surface area contributed by atoms with Crippen molar-refractivity contribution >= 4 is 51.4 Å². The van der Waals surface area contributed by atoms with Crippen LogP contribution < -0.4 is 26.6 Å². The van der Waals surface area contributed by atoms with Crippen LogP contribution in [0.1, 0.15) is 278 Å². The molecular weight excluding hydrogens is 1200 g/mol. The average molecular weight is 1350 g/mol. The Morgan fingerprint density at radius 1 is 0.396 bits per heavy atom. The minimum atomic E-state index is -3.19. The highest BCUT2D eigenvalue weighted by Gasteiger charge is 2.60. The molecule has 5 N–H and O–H groups in total. The zero-order valence-electron chi connectivity index (χ0n) is 60.9. The van der Waals surface area contributed by atoms with Gasteiger partial charge >= 0.3 is 5.97 Å². The minimum Gasteiger partial charge on any atom is -0.460 e. The van der Waals surface area contributed by atoms with Crippen LogP contribution in [0.15, 0.2) is 0 Å². The third-order valence-electron chi connectivity index (χ3n) is 26.6. The lowest BCUT2D eigenvalue weighted by Gasteiger charge is -2.18. The van der Waals surface area contributed by atoms with Crippen molar-refractivity contribution in [2.75, 3.05) is 12.3 Å². The SMILES string of the molecule is C1CC2CC3CC1C2N3.C1CC2CC3CC1C2S3.C1CC2NC3CC1C2C3.C1CC2SC3CC1C2C3.C1NC2CC3CC1C2C3.C1SC2CC3CC1C2C3.CC.CC.CC.CC.CC.CC.CC.CC.O=C1OC2CC3CC1C2N3.O=S1(=O)OC2CC3CC1C2N3. The first-order valence-electron chi connectivity index (χ1n) is 40.4. The van der Waals surface area contributed by atoms with Crippen LogP contribution in [0.4, 0.5) is 0 Å². The molecule has 14 heterocycles. The van der Waals surface area contributed by atoms with Gasteiger partial charge in [0, 0.05) is 75.0 Å². The number of piperidine rings is 1. The maximum Gasteiger partial charge on any atom is 0.311 e. The second-order valence-corrected chi connectivity index (χ2v) is 36.4. The fourth-order valence-electron chi connectivity index (χ4n) is 23.7. The molecule has 16 bridgehead atoms. The maximum atomic E-state index is 11.2. The fourth-order valence-corrected chi connectivity index (χ4v) is 31.4. The van der Waals surface area contributed by atoms with E-state index in [2.05, 4.69) is 61.9 Å². The predicted octanol–water partition coefficient (Wildman–Crippen LogP) is 17.1. The van der Waals surface area contributed by atoms with E-state index in [-0.39, 0.29) is 35.4 Å². The Hall–Kier alpha value is 0.230. The van der Waals surface area contributed by atoms with Crippen molar-refractivity contribution in [3.8, 4) is 0 Å².